The van der Waals surface area contributed by atoms with Gasteiger partial charge in [0.2, 0.25) is 0 Å². The molecule has 0 aromatic carbocycles. The van der Waals surface area contributed by atoms with Crippen LogP contribution in [-0.2, 0) is 6.18 Å². The van der Waals surface area contributed by atoms with Gasteiger partial charge in [0, 0.05) is 25.3 Å². The average molecular weight is 271 g/mol. The van der Waals surface area contributed by atoms with E-state index >= 15 is 0 Å². The summed E-state index contributed by atoms with van der Waals surface area (Å²) in [5.74, 6) is 1.65. The monoisotopic (exact) mass is 271 g/mol. The Kier molecular flexibility index (Phi) is 2.92. The van der Waals surface area contributed by atoms with Crippen molar-refractivity contribution in [3.05, 3.63) is 23.9 Å². The van der Waals surface area contributed by atoms with E-state index in [4.69, 9.17) is 5.73 Å². The molecule has 19 heavy (non-hydrogen) atoms. The van der Waals surface area contributed by atoms with Crippen molar-refractivity contribution in [3.8, 4) is 0 Å². The lowest BCUT2D eigenvalue weighted by Crippen LogP contribution is -2.30. The number of alkyl halides is 3. The third-order valence-corrected chi connectivity index (χ3v) is 4.31. The Bertz CT molecular complexity index is 457. The number of hydrogen-bond acceptors (Lipinski definition) is 3. The van der Waals surface area contributed by atoms with E-state index < -0.39 is 11.7 Å². The summed E-state index contributed by atoms with van der Waals surface area (Å²) in [5.41, 5.74) is 5.34. The van der Waals surface area contributed by atoms with Crippen molar-refractivity contribution in [1.29, 1.82) is 0 Å². The Balaban J connectivity index is 1.74. The fraction of sp³-hybridized carbons (Fsp3) is 0.615. The average Bonchev–Trinajstić information content (AvgIpc) is 2.91. The topological polar surface area (TPSA) is 42.1 Å². The van der Waals surface area contributed by atoms with E-state index in [1.54, 1.807) is 0 Å². The highest BCUT2D eigenvalue weighted by Gasteiger charge is 2.41. The van der Waals surface area contributed by atoms with E-state index in [9.17, 15) is 13.2 Å². The molecule has 2 unspecified atom stereocenters. The molecular formula is C13H16F3N3. The van der Waals surface area contributed by atoms with E-state index in [1.165, 1.54) is 6.07 Å². The third-order valence-electron chi connectivity index (χ3n) is 4.31. The number of aromatic nitrogens is 1. The van der Waals surface area contributed by atoms with Crippen LogP contribution in [-0.4, -0.2) is 24.1 Å². The first-order chi connectivity index (χ1) is 8.95. The third kappa shape index (κ3) is 2.29. The summed E-state index contributed by atoms with van der Waals surface area (Å²) >= 11 is 0. The summed E-state index contributed by atoms with van der Waals surface area (Å²) in [6.07, 6.45) is -1.24. The molecule has 1 aromatic rings. The van der Waals surface area contributed by atoms with Crippen LogP contribution in [0.15, 0.2) is 18.3 Å². The van der Waals surface area contributed by atoms with Gasteiger partial charge in [-0.1, -0.05) is 0 Å². The SMILES string of the molecule is NC1CC[C@@H]2CN(c3ccc(C(F)(F)F)cn3)CC12. The molecule has 0 bridgehead atoms. The van der Waals surface area contributed by atoms with Gasteiger partial charge in [0.05, 0.1) is 5.56 Å². The summed E-state index contributed by atoms with van der Waals surface area (Å²) < 4.78 is 37.4. The molecular weight excluding hydrogens is 255 g/mol. The van der Waals surface area contributed by atoms with Gasteiger partial charge in [-0.2, -0.15) is 13.2 Å². The zero-order chi connectivity index (χ0) is 13.6. The Morgan fingerprint density at radius 1 is 1.21 bits per heavy atom. The van der Waals surface area contributed by atoms with Crippen LogP contribution in [0.1, 0.15) is 18.4 Å². The zero-order valence-corrected chi connectivity index (χ0v) is 10.4. The van der Waals surface area contributed by atoms with Gasteiger partial charge in [-0.25, -0.2) is 4.98 Å². The second kappa shape index (κ2) is 4.37. The molecule has 2 heterocycles. The highest BCUT2D eigenvalue weighted by atomic mass is 19.4. The van der Waals surface area contributed by atoms with Gasteiger partial charge in [-0.05, 0) is 36.8 Å². The standard InChI is InChI=1S/C13H16F3N3/c14-13(15,16)9-2-4-12(18-5-9)19-6-8-1-3-11(17)10(8)7-19/h2,4-5,8,10-11H,1,3,6-7,17H2/t8-,10?,11?/m1/s1. The van der Waals surface area contributed by atoms with Gasteiger partial charge in [-0.3, -0.25) is 0 Å². The van der Waals surface area contributed by atoms with E-state index in [1.807, 2.05) is 0 Å². The maximum absolute atomic E-state index is 12.5. The molecule has 1 aliphatic carbocycles. The molecule has 104 valence electrons. The molecule has 3 nitrogen and oxygen atoms in total. The van der Waals surface area contributed by atoms with Crippen LogP contribution >= 0.6 is 0 Å². The number of fused-ring (bicyclic) bond motifs is 1. The Morgan fingerprint density at radius 2 is 2.00 bits per heavy atom. The Hall–Kier alpha value is -1.30. The largest absolute Gasteiger partial charge is 0.417 e. The van der Waals surface area contributed by atoms with Gasteiger partial charge < -0.3 is 10.6 Å². The van der Waals surface area contributed by atoms with E-state index in [-0.39, 0.29) is 6.04 Å². The quantitative estimate of drug-likeness (QED) is 0.852. The summed E-state index contributed by atoms with van der Waals surface area (Å²) in [6.45, 7) is 1.67. The first-order valence-corrected chi connectivity index (χ1v) is 6.49. The number of nitrogens with zero attached hydrogens (tertiary/aromatic N) is 2. The Morgan fingerprint density at radius 3 is 2.58 bits per heavy atom. The molecule has 0 amide bonds. The van der Waals surface area contributed by atoms with E-state index in [0.717, 1.165) is 38.2 Å². The zero-order valence-electron chi connectivity index (χ0n) is 10.4. The lowest BCUT2D eigenvalue weighted by molar-refractivity contribution is -0.137. The van der Waals surface area contributed by atoms with E-state index in [0.29, 0.717) is 17.7 Å². The molecule has 1 saturated carbocycles. The summed E-state index contributed by atoms with van der Waals surface area (Å²) in [5, 5.41) is 0. The van der Waals surface area contributed by atoms with Crippen LogP contribution in [0, 0.1) is 11.8 Å². The minimum atomic E-state index is -4.32. The van der Waals surface area contributed by atoms with Gasteiger partial charge in [0.1, 0.15) is 5.82 Å². The van der Waals surface area contributed by atoms with Crippen molar-refractivity contribution in [1.82, 2.24) is 4.98 Å². The van der Waals surface area contributed by atoms with Gasteiger partial charge in [0.25, 0.3) is 0 Å². The Labute approximate surface area is 109 Å². The molecule has 2 fully saturated rings. The van der Waals surface area contributed by atoms with Gasteiger partial charge in [-0.15, -0.1) is 0 Å². The molecule has 0 radical (unpaired) electrons. The number of hydrogen-bond donors (Lipinski definition) is 1. The number of pyridine rings is 1. The predicted octanol–water partition coefficient (Wildman–Crippen LogP) is 2.27. The summed E-state index contributed by atoms with van der Waals surface area (Å²) in [4.78, 5) is 5.99. The molecule has 3 atom stereocenters. The molecule has 2 aliphatic rings. The minimum absolute atomic E-state index is 0.226. The number of nitrogens with two attached hydrogens (primary N) is 1. The van der Waals surface area contributed by atoms with Crippen molar-refractivity contribution < 1.29 is 13.2 Å². The lowest BCUT2D eigenvalue weighted by atomic mass is 9.98. The van der Waals surface area contributed by atoms with Crippen LogP contribution in [0.4, 0.5) is 19.0 Å². The maximum atomic E-state index is 12.5. The van der Waals surface area contributed by atoms with Crippen molar-refractivity contribution in [3.63, 3.8) is 0 Å². The smallest absolute Gasteiger partial charge is 0.356 e. The predicted molar refractivity (Wildman–Crippen MR) is 65.6 cm³/mol. The molecule has 0 spiro atoms. The molecule has 1 aromatic heterocycles. The first-order valence-electron chi connectivity index (χ1n) is 6.49. The van der Waals surface area contributed by atoms with Gasteiger partial charge in [0.15, 0.2) is 0 Å². The van der Waals surface area contributed by atoms with Crippen LogP contribution < -0.4 is 10.6 Å². The van der Waals surface area contributed by atoms with Crippen molar-refractivity contribution in [2.24, 2.45) is 17.6 Å². The summed E-state index contributed by atoms with van der Waals surface area (Å²) in [7, 11) is 0. The number of anilines is 1. The minimum Gasteiger partial charge on any atom is -0.356 e. The van der Waals surface area contributed by atoms with Crippen LogP contribution in [0.25, 0.3) is 0 Å². The number of rotatable bonds is 1. The second-order valence-corrected chi connectivity index (χ2v) is 5.47. The summed E-state index contributed by atoms with van der Waals surface area (Å²) in [6, 6.07) is 2.77. The first kappa shape index (κ1) is 12.7. The van der Waals surface area contributed by atoms with Gasteiger partial charge >= 0.3 is 6.18 Å². The molecule has 1 aliphatic heterocycles. The molecule has 3 rings (SSSR count). The highest BCUT2D eigenvalue weighted by molar-refractivity contribution is 5.41. The van der Waals surface area contributed by atoms with Crippen LogP contribution in [0.2, 0.25) is 0 Å². The molecule has 6 heteroatoms. The highest BCUT2D eigenvalue weighted by Crippen LogP contribution is 2.39. The lowest BCUT2D eigenvalue weighted by Gasteiger charge is -2.20. The second-order valence-electron chi connectivity index (χ2n) is 5.47. The fourth-order valence-electron chi connectivity index (χ4n) is 3.24. The van der Waals surface area contributed by atoms with Crippen LogP contribution in [0.5, 0.6) is 0 Å². The van der Waals surface area contributed by atoms with Crippen LogP contribution in [0.3, 0.4) is 0 Å². The molecule has 2 N–H and O–H groups in total. The van der Waals surface area contributed by atoms with Crippen molar-refractivity contribution in [2.75, 3.05) is 18.0 Å². The van der Waals surface area contributed by atoms with Crippen molar-refractivity contribution in [2.45, 2.75) is 25.1 Å². The molecule has 1 saturated heterocycles. The number of halogens is 3. The maximum Gasteiger partial charge on any atom is 0.417 e. The fourth-order valence-corrected chi connectivity index (χ4v) is 3.24. The van der Waals surface area contributed by atoms with Crippen molar-refractivity contribution >= 4 is 5.82 Å². The normalized spacial score (nSPS) is 30.7. The van der Waals surface area contributed by atoms with E-state index in [2.05, 4.69) is 9.88 Å².